The molecule has 4 aliphatic rings. The number of hydrogen-bond donors (Lipinski definition) is 4. The predicted molar refractivity (Wildman–Crippen MR) is 244 cm³/mol. The highest BCUT2D eigenvalue weighted by molar-refractivity contribution is 6.06. The normalized spacial score (nSPS) is 17.5. The second kappa shape index (κ2) is 17.8. The molecule has 3 saturated heterocycles. The van der Waals surface area contributed by atoms with E-state index in [1.807, 2.05) is 54.1 Å². The number of ether oxygens (including phenoxy) is 1. The number of piperidine rings is 1. The second-order valence-corrected chi connectivity index (χ2v) is 16.9. The van der Waals surface area contributed by atoms with Crippen LogP contribution in [-0.4, -0.2) is 97.9 Å². The third-order valence-electron chi connectivity index (χ3n) is 13.0. The molecular formula is C48H54N10O5. The fourth-order valence-electron chi connectivity index (χ4n) is 9.35. The van der Waals surface area contributed by atoms with Gasteiger partial charge in [-0.25, -0.2) is 9.48 Å². The van der Waals surface area contributed by atoms with Gasteiger partial charge in [0.1, 0.15) is 22.8 Å². The topological polar surface area (TPSA) is 170 Å². The Bertz CT molecular complexity index is 2510. The van der Waals surface area contributed by atoms with Gasteiger partial charge in [0.25, 0.3) is 11.8 Å². The molecule has 5 heterocycles. The van der Waals surface area contributed by atoms with Crippen LogP contribution in [0.2, 0.25) is 0 Å². The molecule has 0 bridgehead atoms. The van der Waals surface area contributed by atoms with Crippen molar-refractivity contribution < 1.29 is 23.9 Å². The Balaban J connectivity index is 0.779. The summed E-state index contributed by atoms with van der Waals surface area (Å²) < 4.78 is 7.21. The highest BCUT2D eigenvalue weighted by Gasteiger charge is 2.29. The SMILES string of the molecule is COc1ccccc1C(=O)N[C@H](C)c1ccc(-c2nn3c(c2C(N)=O)Nc2ccc(N4CCN(CC5CCN(c6ccc(N7CCC(=O)NC7=O)cc6)CC5)CC4)cc2CC3)cc1. The predicted octanol–water partition coefficient (Wildman–Crippen LogP) is 5.93. The summed E-state index contributed by atoms with van der Waals surface area (Å²) in [5.41, 5.74) is 14.3. The Hall–Kier alpha value is -6.87. The minimum Gasteiger partial charge on any atom is -0.496 e. The van der Waals surface area contributed by atoms with Crippen LogP contribution in [0.25, 0.3) is 11.3 Å². The molecule has 4 aromatic carbocycles. The number of methoxy groups -OCH3 is 1. The molecule has 1 aromatic heterocycles. The number of para-hydroxylation sites is 1. The second-order valence-electron chi connectivity index (χ2n) is 16.9. The Morgan fingerprint density at radius 3 is 2.22 bits per heavy atom. The molecule has 0 saturated carbocycles. The van der Waals surface area contributed by atoms with Crippen molar-refractivity contribution >= 4 is 52.3 Å². The van der Waals surface area contributed by atoms with Crippen molar-refractivity contribution in [3.05, 3.63) is 113 Å². The summed E-state index contributed by atoms with van der Waals surface area (Å²) in [7, 11) is 1.54. The molecule has 4 aliphatic heterocycles. The molecule has 1 atom stereocenters. The van der Waals surface area contributed by atoms with Crippen LogP contribution in [0.1, 0.15) is 64.1 Å². The van der Waals surface area contributed by atoms with Crippen molar-refractivity contribution in [2.45, 2.75) is 45.2 Å². The minimum absolute atomic E-state index is 0.224. The number of carbonyl (C=O) groups is 4. The molecule has 63 heavy (non-hydrogen) atoms. The number of nitrogens with zero attached hydrogens (tertiary/aromatic N) is 6. The zero-order valence-electron chi connectivity index (χ0n) is 35.8. The lowest BCUT2D eigenvalue weighted by Crippen LogP contribution is -2.49. The fourth-order valence-corrected chi connectivity index (χ4v) is 9.35. The number of primary amides is 1. The Labute approximate surface area is 367 Å². The molecular weight excluding hydrogens is 797 g/mol. The summed E-state index contributed by atoms with van der Waals surface area (Å²) in [4.78, 5) is 59.0. The van der Waals surface area contributed by atoms with E-state index in [4.69, 9.17) is 15.6 Å². The molecule has 0 unspecified atom stereocenters. The average molecular weight is 851 g/mol. The standard InChI is InChI=1S/C48H54N10O5/c1-31(50-47(61)39-5-3-4-6-41(39)63-2)33-7-9-34(10-8-33)44-43(45(49)60)46-51-40-16-15-38(29-35(40)19-24-58(46)53-44)56-27-25-54(26-28-56)30-32-17-21-55(22-18-32)36-11-13-37(14-12-36)57-23-20-42(59)52-48(57)62/h3-16,29,31-32,51H,17-28,30H2,1-2H3,(H2,49,60)(H,50,61)(H,52,59,62)/t31-/m1/s1. The van der Waals surface area contributed by atoms with E-state index in [2.05, 4.69) is 61.0 Å². The average Bonchev–Trinajstić information content (AvgIpc) is 3.57. The van der Waals surface area contributed by atoms with Crippen molar-refractivity contribution in [3.8, 4) is 17.0 Å². The molecule has 15 heteroatoms. The van der Waals surface area contributed by atoms with Crippen LogP contribution in [0.3, 0.4) is 0 Å². The van der Waals surface area contributed by atoms with Crippen molar-refractivity contribution in [1.29, 1.82) is 0 Å². The number of nitrogens with one attached hydrogen (secondary N) is 3. The summed E-state index contributed by atoms with van der Waals surface area (Å²) in [6, 6.07) is 28.8. The van der Waals surface area contributed by atoms with Gasteiger partial charge in [0, 0.05) is 93.6 Å². The first kappa shape index (κ1) is 41.5. The van der Waals surface area contributed by atoms with Gasteiger partial charge in [-0.15, -0.1) is 0 Å². The third kappa shape index (κ3) is 8.78. The Kier molecular flexibility index (Phi) is 11.8. The number of anilines is 5. The zero-order valence-corrected chi connectivity index (χ0v) is 35.8. The van der Waals surface area contributed by atoms with Gasteiger partial charge in [0.05, 0.1) is 18.7 Å². The van der Waals surface area contributed by atoms with Gasteiger partial charge in [-0.2, -0.15) is 5.10 Å². The van der Waals surface area contributed by atoms with E-state index in [0.29, 0.717) is 53.8 Å². The molecule has 15 nitrogen and oxygen atoms in total. The quantitative estimate of drug-likeness (QED) is 0.125. The smallest absolute Gasteiger partial charge is 0.328 e. The number of benzene rings is 4. The number of carbonyl (C=O) groups excluding carboxylic acids is 4. The van der Waals surface area contributed by atoms with Crippen molar-refractivity contribution in [3.63, 3.8) is 0 Å². The van der Waals surface area contributed by atoms with Crippen LogP contribution < -0.4 is 41.1 Å². The number of aromatic nitrogens is 2. The van der Waals surface area contributed by atoms with E-state index in [1.54, 1.807) is 30.2 Å². The van der Waals surface area contributed by atoms with Crippen molar-refractivity contribution in [2.24, 2.45) is 11.7 Å². The summed E-state index contributed by atoms with van der Waals surface area (Å²) in [5, 5.41) is 13.9. The number of aryl methyl sites for hydroxylation is 2. The summed E-state index contributed by atoms with van der Waals surface area (Å²) in [6.45, 7) is 10.00. The van der Waals surface area contributed by atoms with Crippen LogP contribution >= 0.6 is 0 Å². The maximum absolute atomic E-state index is 13.0. The molecule has 5 aromatic rings. The molecule has 3 fully saturated rings. The first-order valence-electron chi connectivity index (χ1n) is 21.9. The fraction of sp³-hybridized carbons (Fsp3) is 0.354. The van der Waals surface area contributed by atoms with E-state index in [1.165, 1.54) is 16.9 Å². The molecule has 5 amide bonds. The number of nitrogens with two attached hydrogens (primary N) is 1. The number of fused-ring (bicyclic) bond motifs is 2. The summed E-state index contributed by atoms with van der Waals surface area (Å²) >= 11 is 0. The van der Waals surface area contributed by atoms with Gasteiger partial charge in [0.15, 0.2) is 0 Å². The van der Waals surface area contributed by atoms with Crippen LogP contribution in [0.4, 0.5) is 33.4 Å². The monoisotopic (exact) mass is 850 g/mol. The number of hydrogen-bond acceptors (Lipinski definition) is 10. The van der Waals surface area contributed by atoms with Crippen LogP contribution in [0, 0.1) is 5.92 Å². The molecule has 0 radical (unpaired) electrons. The molecule has 9 rings (SSSR count). The van der Waals surface area contributed by atoms with E-state index < -0.39 is 5.91 Å². The van der Waals surface area contributed by atoms with Gasteiger partial charge in [-0.05, 0) is 97.8 Å². The number of urea groups is 1. The van der Waals surface area contributed by atoms with E-state index in [0.717, 1.165) is 87.6 Å². The zero-order chi connectivity index (χ0) is 43.6. The molecule has 326 valence electrons. The van der Waals surface area contributed by atoms with E-state index in [-0.39, 0.29) is 23.9 Å². The number of rotatable bonds is 11. The van der Waals surface area contributed by atoms with Gasteiger partial charge >= 0.3 is 6.03 Å². The maximum Gasteiger partial charge on any atom is 0.328 e. The van der Waals surface area contributed by atoms with Gasteiger partial charge in [-0.3, -0.25) is 29.5 Å². The first-order chi connectivity index (χ1) is 30.6. The van der Waals surface area contributed by atoms with Crippen molar-refractivity contribution in [1.82, 2.24) is 25.3 Å². The first-order valence-corrected chi connectivity index (χ1v) is 21.9. The van der Waals surface area contributed by atoms with Gasteiger partial charge < -0.3 is 30.9 Å². The lowest BCUT2D eigenvalue weighted by atomic mass is 9.95. The molecule has 0 aliphatic carbocycles. The number of imide groups is 1. The lowest BCUT2D eigenvalue weighted by Gasteiger charge is -2.40. The molecule has 0 spiro atoms. The summed E-state index contributed by atoms with van der Waals surface area (Å²) in [5.74, 6) is 0.751. The van der Waals surface area contributed by atoms with E-state index >= 15 is 0 Å². The third-order valence-corrected chi connectivity index (χ3v) is 13.0. The minimum atomic E-state index is -0.555. The van der Waals surface area contributed by atoms with Crippen LogP contribution in [-0.2, 0) is 17.8 Å². The summed E-state index contributed by atoms with van der Waals surface area (Å²) in [6.07, 6.45) is 3.35. The largest absolute Gasteiger partial charge is 0.496 e. The number of amides is 5. The highest BCUT2D eigenvalue weighted by Crippen LogP contribution is 2.37. The number of piperazine rings is 1. The Morgan fingerprint density at radius 2 is 1.51 bits per heavy atom. The van der Waals surface area contributed by atoms with Gasteiger partial charge in [-0.1, -0.05) is 36.4 Å². The Morgan fingerprint density at radius 1 is 0.810 bits per heavy atom. The van der Waals surface area contributed by atoms with E-state index in [9.17, 15) is 19.2 Å². The van der Waals surface area contributed by atoms with Crippen molar-refractivity contribution in [2.75, 3.05) is 79.5 Å². The highest BCUT2D eigenvalue weighted by atomic mass is 16.5. The maximum atomic E-state index is 13.0. The van der Waals surface area contributed by atoms with Crippen LogP contribution in [0.15, 0.2) is 91.0 Å². The lowest BCUT2D eigenvalue weighted by molar-refractivity contribution is -0.120. The van der Waals surface area contributed by atoms with Gasteiger partial charge in [0.2, 0.25) is 5.91 Å². The molecule has 5 N–H and O–H groups in total. The van der Waals surface area contributed by atoms with Crippen LogP contribution in [0.5, 0.6) is 5.75 Å².